The van der Waals surface area contributed by atoms with E-state index in [1.807, 2.05) is 0 Å². The van der Waals surface area contributed by atoms with Crippen molar-refractivity contribution in [2.45, 2.75) is 6.42 Å². The normalized spacial score (nSPS) is 15.3. The molecule has 2 amide bonds. The van der Waals surface area contributed by atoms with Crippen LogP contribution < -0.4 is 5.32 Å². The van der Waals surface area contributed by atoms with Crippen LogP contribution in [0.15, 0.2) is 12.1 Å². The number of nitrogens with one attached hydrogen (secondary N) is 1. The van der Waals surface area contributed by atoms with Crippen LogP contribution in [0.2, 0.25) is 10.0 Å². The smallest absolute Gasteiger partial charge is 0.290 e. The summed E-state index contributed by atoms with van der Waals surface area (Å²) in [5.41, 5.74) is -0.405. The maximum Gasteiger partial charge on any atom is 0.290 e. The monoisotopic (exact) mass is 331 g/mol. The lowest BCUT2D eigenvalue weighted by atomic mass is 10.1. The maximum absolute atomic E-state index is 12.4. The largest absolute Gasteiger partial charge is 0.354 e. The summed E-state index contributed by atoms with van der Waals surface area (Å²) in [5.74, 6) is -0.760. The molecule has 0 aromatic heterocycles. The molecule has 0 aliphatic carbocycles. The number of rotatable bonds is 2. The van der Waals surface area contributed by atoms with Crippen molar-refractivity contribution < 1.29 is 14.5 Å². The molecule has 1 N–H and O–H groups in total. The van der Waals surface area contributed by atoms with Crippen molar-refractivity contribution >= 4 is 40.7 Å². The van der Waals surface area contributed by atoms with Crippen LogP contribution >= 0.6 is 23.2 Å². The first kappa shape index (κ1) is 15.5. The second-order valence-corrected chi connectivity index (χ2v) is 5.26. The summed E-state index contributed by atoms with van der Waals surface area (Å²) in [6, 6.07) is 2.33. The minimum atomic E-state index is -0.708. The van der Waals surface area contributed by atoms with Gasteiger partial charge in [0.25, 0.3) is 11.6 Å². The summed E-state index contributed by atoms with van der Waals surface area (Å²) in [7, 11) is 0. The van der Waals surface area contributed by atoms with Crippen molar-refractivity contribution in [3.63, 3.8) is 0 Å². The molecule has 1 saturated heterocycles. The average Bonchev–Trinajstić information content (AvgIpc) is 2.65. The van der Waals surface area contributed by atoms with Crippen molar-refractivity contribution in [1.82, 2.24) is 10.2 Å². The molecule has 9 heteroatoms. The highest BCUT2D eigenvalue weighted by molar-refractivity contribution is 6.43. The Labute approximate surface area is 130 Å². The van der Waals surface area contributed by atoms with E-state index in [2.05, 4.69) is 5.32 Å². The van der Waals surface area contributed by atoms with E-state index >= 15 is 0 Å². The predicted molar refractivity (Wildman–Crippen MR) is 76.6 cm³/mol. The molecule has 2 rings (SSSR count). The number of nitro groups is 1. The van der Waals surface area contributed by atoms with E-state index in [4.69, 9.17) is 23.2 Å². The Morgan fingerprint density at radius 2 is 2.10 bits per heavy atom. The van der Waals surface area contributed by atoms with Crippen molar-refractivity contribution in [3.8, 4) is 0 Å². The summed E-state index contributed by atoms with van der Waals surface area (Å²) < 4.78 is 0. The number of halogens is 2. The molecule has 1 aliphatic heterocycles. The van der Waals surface area contributed by atoms with Gasteiger partial charge in [0.1, 0.15) is 5.02 Å². The molecule has 21 heavy (non-hydrogen) atoms. The van der Waals surface area contributed by atoms with Crippen molar-refractivity contribution in [2.75, 3.05) is 19.6 Å². The zero-order valence-electron chi connectivity index (χ0n) is 10.8. The van der Waals surface area contributed by atoms with Gasteiger partial charge in [0.2, 0.25) is 5.91 Å². The molecule has 7 nitrogen and oxygen atoms in total. The lowest BCUT2D eigenvalue weighted by Gasteiger charge is -2.19. The summed E-state index contributed by atoms with van der Waals surface area (Å²) in [5, 5.41) is 13.3. The highest BCUT2D eigenvalue weighted by atomic mass is 35.5. The Kier molecular flexibility index (Phi) is 4.64. The van der Waals surface area contributed by atoms with Crippen LogP contribution in [-0.2, 0) is 4.79 Å². The van der Waals surface area contributed by atoms with Crippen LogP contribution in [0, 0.1) is 10.1 Å². The Bertz CT molecular complexity index is 621. The highest BCUT2D eigenvalue weighted by Gasteiger charge is 2.25. The zero-order chi connectivity index (χ0) is 15.6. The van der Waals surface area contributed by atoms with Gasteiger partial charge in [-0.15, -0.1) is 0 Å². The second-order valence-electron chi connectivity index (χ2n) is 4.48. The molecule has 0 bridgehead atoms. The number of hydrogen-bond donors (Lipinski definition) is 1. The topological polar surface area (TPSA) is 92.5 Å². The van der Waals surface area contributed by atoms with Crippen LogP contribution in [0.1, 0.15) is 16.8 Å². The number of hydrogen-bond acceptors (Lipinski definition) is 4. The van der Waals surface area contributed by atoms with Gasteiger partial charge in [-0.25, -0.2) is 0 Å². The second kappa shape index (κ2) is 6.28. The Morgan fingerprint density at radius 1 is 1.38 bits per heavy atom. The minimum Gasteiger partial charge on any atom is -0.354 e. The van der Waals surface area contributed by atoms with Crippen molar-refractivity contribution in [1.29, 1.82) is 0 Å². The Hall–Kier alpha value is -1.86. The van der Waals surface area contributed by atoms with E-state index in [-0.39, 0.29) is 28.1 Å². The highest BCUT2D eigenvalue weighted by Crippen LogP contribution is 2.33. The lowest BCUT2D eigenvalue weighted by molar-refractivity contribution is -0.384. The molecule has 0 atom stereocenters. The van der Waals surface area contributed by atoms with Crippen LogP contribution in [0.4, 0.5) is 5.69 Å². The molecule has 0 spiro atoms. The Balaban J connectivity index is 2.34. The lowest BCUT2D eigenvalue weighted by Crippen LogP contribution is -2.37. The van der Waals surface area contributed by atoms with Gasteiger partial charge in [0.05, 0.1) is 16.5 Å². The van der Waals surface area contributed by atoms with Crippen LogP contribution in [0.5, 0.6) is 0 Å². The summed E-state index contributed by atoms with van der Waals surface area (Å²) in [6.45, 7) is 0.780. The molecule has 0 radical (unpaired) electrons. The number of nitrogens with zero attached hydrogens (tertiary/aromatic N) is 2. The van der Waals surface area contributed by atoms with Gasteiger partial charge < -0.3 is 10.2 Å². The number of carbonyl (C=O) groups excluding carboxylic acids is 2. The van der Waals surface area contributed by atoms with Gasteiger partial charge >= 0.3 is 0 Å². The summed E-state index contributed by atoms with van der Waals surface area (Å²) in [6.07, 6.45) is 0.612. The third kappa shape index (κ3) is 3.43. The van der Waals surface area contributed by atoms with Gasteiger partial charge in [0, 0.05) is 24.7 Å². The molecule has 1 aromatic carbocycles. The first-order chi connectivity index (χ1) is 9.90. The van der Waals surface area contributed by atoms with Crippen LogP contribution in [0.25, 0.3) is 0 Å². The van der Waals surface area contributed by atoms with Crippen molar-refractivity contribution in [2.24, 2.45) is 0 Å². The first-order valence-electron chi connectivity index (χ1n) is 6.09. The van der Waals surface area contributed by atoms with Gasteiger partial charge in [-0.2, -0.15) is 0 Å². The van der Waals surface area contributed by atoms with Crippen LogP contribution in [0.3, 0.4) is 0 Å². The third-order valence-electron chi connectivity index (χ3n) is 3.00. The molecule has 0 saturated carbocycles. The SMILES string of the molecule is O=C1CN(C(=O)c2cc(Cl)c(Cl)c([N+](=O)[O-])c2)CCCN1. The fourth-order valence-electron chi connectivity index (χ4n) is 1.99. The first-order valence-corrected chi connectivity index (χ1v) is 6.85. The summed E-state index contributed by atoms with van der Waals surface area (Å²) in [4.78, 5) is 35.3. The van der Waals surface area contributed by atoms with Gasteiger partial charge in [-0.05, 0) is 12.5 Å². The van der Waals surface area contributed by atoms with E-state index < -0.39 is 16.5 Å². The number of amides is 2. The van der Waals surface area contributed by atoms with Gasteiger partial charge in [0.15, 0.2) is 0 Å². The van der Waals surface area contributed by atoms with Gasteiger partial charge in [-0.1, -0.05) is 23.2 Å². The van der Waals surface area contributed by atoms with E-state index in [0.29, 0.717) is 19.5 Å². The molecular formula is C12H11Cl2N3O4. The van der Waals surface area contributed by atoms with Crippen molar-refractivity contribution in [3.05, 3.63) is 37.9 Å². The van der Waals surface area contributed by atoms with Crippen LogP contribution in [-0.4, -0.2) is 41.3 Å². The van der Waals surface area contributed by atoms with E-state index in [9.17, 15) is 19.7 Å². The molecular weight excluding hydrogens is 321 g/mol. The standard InChI is InChI=1S/C12H11Cl2N3O4/c13-8-4-7(5-9(11(8)14)17(20)21)12(19)16-3-1-2-15-10(18)6-16/h4-5H,1-3,6H2,(H,15,18). The molecule has 1 fully saturated rings. The fraction of sp³-hybridized carbons (Fsp3) is 0.333. The number of nitro benzene ring substituents is 1. The maximum atomic E-state index is 12.4. The molecule has 0 unspecified atom stereocenters. The fourth-order valence-corrected chi connectivity index (χ4v) is 2.39. The summed E-state index contributed by atoms with van der Waals surface area (Å²) >= 11 is 11.6. The predicted octanol–water partition coefficient (Wildman–Crippen LogP) is 1.86. The molecule has 112 valence electrons. The Morgan fingerprint density at radius 3 is 2.76 bits per heavy atom. The van der Waals surface area contributed by atoms with E-state index in [1.165, 1.54) is 11.0 Å². The molecule has 1 aliphatic rings. The quantitative estimate of drug-likeness (QED) is 0.661. The van der Waals surface area contributed by atoms with E-state index in [0.717, 1.165) is 6.07 Å². The number of benzene rings is 1. The third-order valence-corrected chi connectivity index (χ3v) is 3.79. The average molecular weight is 332 g/mol. The molecule has 1 aromatic rings. The zero-order valence-corrected chi connectivity index (χ0v) is 12.3. The van der Waals surface area contributed by atoms with E-state index in [1.54, 1.807) is 0 Å². The number of carbonyl (C=O) groups is 2. The minimum absolute atomic E-state index is 0.0331. The molecule has 1 heterocycles. The van der Waals surface area contributed by atoms with Gasteiger partial charge in [-0.3, -0.25) is 19.7 Å².